The third kappa shape index (κ3) is 5.25. The molecule has 1 aromatic rings. The topological polar surface area (TPSA) is 64.5 Å². The average molecular weight is 328 g/mol. The Labute approximate surface area is 144 Å². The number of hydrogen-bond acceptors (Lipinski definition) is 4. The number of allylic oxidation sites excluding steroid dienone is 3. The first kappa shape index (κ1) is 18.3. The molecule has 24 heavy (non-hydrogen) atoms. The van der Waals surface area contributed by atoms with Crippen LogP contribution in [0.3, 0.4) is 0 Å². The smallest absolute Gasteiger partial charge is 0.123 e. The Morgan fingerprint density at radius 3 is 2.88 bits per heavy atom. The Morgan fingerprint density at radius 1 is 1.38 bits per heavy atom. The summed E-state index contributed by atoms with van der Waals surface area (Å²) in [6.45, 7) is 2.17. The Morgan fingerprint density at radius 2 is 2.21 bits per heavy atom. The highest BCUT2D eigenvalue weighted by Crippen LogP contribution is 2.32. The maximum absolute atomic E-state index is 10.3. The molecule has 0 bridgehead atoms. The van der Waals surface area contributed by atoms with Crippen molar-refractivity contribution in [3.8, 4) is 5.75 Å². The molecule has 1 aliphatic rings. The van der Waals surface area contributed by atoms with Gasteiger partial charge in [0.05, 0.1) is 0 Å². The van der Waals surface area contributed by atoms with Gasteiger partial charge in [-0.05, 0) is 48.9 Å². The van der Waals surface area contributed by atoms with Crippen LogP contribution in [0.1, 0.15) is 24.8 Å². The molecule has 4 heteroatoms. The van der Waals surface area contributed by atoms with Gasteiger partial charge in [0.2, 0.25) is 0 Å². The fourth-order valence-corrected chi connectivity index (χ4v) is 2.96. The Hall–Kier alpha value is -2.04. The highest BCUT2D eigenvalue weighted by Gasteiger charge is 2.16. The molecule has 0 radical (unpaired) electrons. The highest BCUT2D eigenvalue weighted by molar-refractivity contribution is 5.84. The monoisotopic (exact) mass is 328 g/mol. The molecule has 0 amide bonds. The molecule has 1 unspecified atom stereocenters. The zero-order valence-electron chi connectivity index (χ0n) is 14.3. The van der Waals surface area contributed by atoms with E-state index in [1.807, 2.05) is 43.6 Å². The number of phenolic OH excluding ortho intramolecular Hbond substituents is 1. The van der Waals surface area contributed by atoms with Crippen molar-refractivity contribution in [2.24, 2.45) is 5.92 Å². The number of aliphatic hydroxyl groups is 1. The van der Waals surface area contributed by atoms with E-state index in [4.69, 9.17) is 5.11 Å². The molecule has 0 aliphatic carbocycles. The largest absolute Gasteiger partial charge is 0.507 e. The standard InChI is InChI=1S/C20H28N2O2/c1-21-15-17(8-4-5-12-23)19(13-16-7-6-11-22-14-16)18-9-2-3-10-20(18)24/h2-4,8-10,13,15-16,21-24H,5-7,11-12,14H2,1H3/b8-4-,17-15+,19-13-. The maximum atomic E-state index is 10.3. The molecule has 1 fully saturated rings. The van der Waals surface area contributed by atoms with Gasteiger partial charge in [0.25, 0.3) is 0 Å². The molecule has 4 N–H and O–H groups in total. The van der Waals surface area contributed by atoms with Crippen molar-refractivity contribution >= 4 is 5.57 Å². The van der Waals surface area contributed by atoms with Crippen LogP contribution in [-0.4, -0.2) is 37.0 Å². The summed E-state index contributed by atoms with van der Waals surface area (Å²) in [5, 5.41) is 25.9. The molecule has 1 heterocycles. The number of piperidine rings is 1. The molecule has 1 aromatic carbocycles. The fourth-order valence-electron chi connectivity index (χ4n) is 2.96. The van der Waals surface area contributed by atoms with E-state index in [1.54, 1.807) is 6.07 Å². The van der Waals surface area contributed by atoms with Crippen molar-refractivity contribution in [3.05, 3.63) is 59.8 Å². The van der Waals surface area contributed by atoms with E-state index in [9.17, 15) is 5.11 Å². The number of benzene rings is 1. The molecule has 2 rings (SSSR count). The molecular formula is C20H28N2O2. The fraction of sp³-hybridized carbons (Fsp3) is 0.400. The van der Waals surface area contributed by atoms with Crippen LogP contribution in [0.4, 0.5) is 0 Å². The average Bonchev–Trinajstić information content (AvgIpc) is 2.61. The lowest BCUT2D eigenvalue weighted by Crippen LogP contribution is -2.28. The van der Waals surface area contributed by atoms with Crippen molar-refractivity contribution in [2.75, 3.05) is 26.7 Å². The van der Waals surface area contributed by atoms with E-state index in [1.165, 1.54) is 6.42 Å². The van der Waals surface area contributed by atoms with Crippen LogP contribution in [-0.2, 0) is 0 Å². The van der Waals surface area contributed by atoms with Crippen LogP contribution in [0.15, 0.2) is 54.3 Å². The Balaban J connectivity index is 2.42. The number of para-hydroxylation sites is 1. The predicted molar refractivity (Wildman–Crippen MR) is 99.7 cm³/mol. The lowest BCUT2D eigenvalue weighted by molar-refractivity contribution is 0.302. The number of nitrogens with one attached hydrogen (secondary N) is 2. The predicted octanol–water partition coefficient (Wildman–Crippen LogP) is 2.82. The van der Waals surface area contributed by atoms with Gasteiger partial charge in [-0.3, -0.25) is 0 Å². The first-order valence-corrected chi connectivity index (χ1v) is 8.62. The Bertz CT molecular complexity index is 599. The first-order valence-electron chi connectivity index (χ1n) is 8.62. The van der Waals surface area contributed by atoms with E-state index >= 15 is 0 Å². The van der Waals surface area contributed by atoms with Crippen molar-refractivity contribution < 1.29 is 10.2 Å². The summed E-state index contributed by atoms with van der Waals surface area (Å²) in [7, 11) is 1.87. The summed E-state index contributed by atoms with van der Waals surface area (Å²) in [5.74, 6) is 0.727. The van der Waals surface area contributed by atoms with Crippen LogP contribution >= 0.6 is 0 Å². The first-order chi connectivity index (χ1) is 11.8. The third-order valence-corrected chi connectivity index (χ3v) is 4.14. The lowest BCUT2D eigenvalue weighted by Gasteiger charge is -2.22. The van der Waals surface area contributed by atoms with E-state index < -0.39 is 0 Å². The van der Waals surface area contributed by atoms with E-state index in [0.29, 0.717) is 12.3 Å². The van der Waals surface area contributed by atoms with E-state index in [-0.39, 0.29) is 12.4 Å². The van der Waals surface area contributed by atoms with Gasteiger partial charge < -0.3 is 20.8 Å². The lowest BCUT2D eigenvalue weighted by atomic mass is 9.90. The molecular weight excluding hydrogens is 300 g/mol. The van der Waals surface area contributed by atoms with Gasteiger partial charge in [0, 0.05) is 32.0 Å². The van der Waals surface area contributed by atoms with Crippen molar-refractivity contribution in [2.45, 2.75) is 19.3 Å². The summed E-state index contributed by atoms with van der Waals surface area (Å²) >= 11 is 0. The minimum atomic E-state index is 0.130. The summed E-state index contributed by atoms with van der Waals surface area (Å²) in [6, 6.07) is 7.44. The molecule has 1 saturated heterocycles. The second-order valence-corrected chi connectivity index (χ2v) is 6.01. The minimum Gasteiger partial charge on any atom is -0.507 e. The van der Waals surface area contributed by atoms with Crippen LogP contribution < -0.4 is 10.6 Å². The molecule has 0 aromatic heterocycles. The third-order valence-electron chi connectivity index (χ3n) is 4.14. The number of phenols is 1. The van der Waals surface area contributed by atoms with Crippen molar-refractivity contribution in [3.63, 3.8) is 0 Å². The Kier molecular flexibility index (Phi) is 7.59. The number of aromatic hydroxyl groups is 1. The second kappa shape index (κ2) is 9.96. The summed E-state index contributed by atoms with van der Waals surface area (Å²) in [4.78, 5) is 0. The highest BCUT2D eigenvalue weighted by atomic mass is 16.3. The van der Waals surface area contributed by atoms with Gasteiger partial charge in [0.1, 0.15) is 5.75 Å². The second-order valence-electron chi connectivity index (χ2n) is 6.01. The van der Waals surface area contributed by atoms with Crippen LogP contribution in [0.5, 0.6) is 5.75 Å². The van der Waals surface area contributed by atoms with Crippen LogP contribution in [0, 0.1) is 5.92 Å². The molecule has 1 atom stereocenters. The zero-order valence-corrected chi connectivity index (χ0v) is 14.3. The number of aliphatic hydroxyl groups excluding tert-OH is 1. The zero-order chi connectivity index (χ0) is 17.2. The van der Waals surface area contributed by atoms with Crippen molar-refractivity contribution in [1.82, 2.24) is 10.6 Å². The van der Waals surface area contributed by atoms with Crippen LogP contribution in [0.25, 0.3) is 5.57 Å². The van der Waals surface area contributed by atoms with Gasteiger partial charge in [-0.1, -0.05) is 36.4 Å². The molecule has 130 valence electrons. The van der Waals surface area contributed by atoms with E-state index in [0.717, 1.165) is 36.2 Å². The molecule has 0 saturated carbocycles. The van der Waals surface area contributed by atoms with Crippen molar-refractivity contribution in [1.29, 1.82) is 0 Å². The normalized spacial score (nSPS) is 19.7. The summed E-state index contributed by atoms with van der Waals surface area (Å²) in [5.41, 5.74) is 2.85. The number of hydrogen-bond donors (Lipinski definition) is 4. The van der Waals surface area contributed by atoms with Gasteiger partial charge in [-0.25, -0.2) is 0 Å². The summed E-state index contributed by atoms with van der Waals surface area (Å²) in [6.07, 6.45) is 11.1. The van der Waals surface area contributed by atoms with Crippen LogP contribution in [0.2, 0.25) is 0 Å². The summed E-state index contributed by atoms with van der Waals surface area (Å²) < 4.78 is 0. The molecule has 0 spiro atoms. The molecule has 1 aliphatic heterocycles. The number of rotatable bonds is 7. The van der Waals surface area contributed by atoms with Gasteiger partial charge in [-0.15, -0.1) is 0 Å². The SMILES string of the molecule is CN/C=C(\C=C/CCO)C(=C/C1CCCNC1)/c1ccccc1O. The van der Waals surface area contributed by atoms with E-state index in [2.05, 4.69) is 16.7 Å². The maximum Gasteiger partial charge on any atom is 0.123 e. The minimum absolute atomic E-state index is 0.130. The van der Waals surface area contributed by atoms with Gasteiger partial charge >= 0.3 is 0 Å². The van der Waals surface area contributed by atoms with Gasteiger partial charge in [-0.2, -0.15) is 0 Å². The van der Waals surface area contributed by atoms with Gasteiger partial charge in [0.15, 0.2) is 0 Å². The quantitative estimate of drug-likeness (QED) is 0.581. The molecule has 4 nitrogen and oxygen atoms in total.